The molecule has 0 aromatic heterocycles. The van der Waals surface area contributed by atoms with Gasteiger partial charge in [-0.3, -0.25) is 0 Å². The van der Waals surface area contributed by atoms with Crippen molar-refractivity contribution in [2.24, 2.45) is 0 Å². The molecule has 1 atom stereocenters. The van der Waals surface area contributed by atoms with E-state index in [2.05, 4.69) is 5.32 Å². The Bertz CT molecular complexity index is 454. The topological polar surface area (TPSA) is 30.5 Å². The molecule has 1 saturated carbocycles. The predicted molar refractivity (Wildman–Crippen MR) is 71.2 cm³/mol. The lowest BCUT2D eigenvalue weighted by Crippen LogP contribution is -2.27. The molecule has 2 aliphatic rings. The van der Waals surface area contributed by atoms with Crippen molar-refractivity contribution in [1.82, 2.24) is 5.32 Å². The Labute approximate surface area is 113 Å². The zero-order chi connectivity index (χ0) is 13.2. The van der Waals surface area contributed by atoms with Gasteiger partial charge in [0.2, 0.25) is 0 Å². The lowest BCUT2D eigenvalue weighted by Gasteiger charge is -2.26. The van der Waals surface area contributed by atoms with E-state index in [0.29, 0.717) is 5.75 Å². The third-order valence-corrected chi connectivity index (χ3v) is 3.76. The maximum absolute atomic E-state index is 13.7. The maximum Gasteiger partial charge on any atom is 0.166 e. The molecule has 0 bridgehead atoms. The van der Waals surface area contributed by atoms with E-state index >= 15 is 0 Å². The normalized spacial score (nSPS) is 23.2. The quantitative estimate of drug-likeness (QED) is 0.907. The summed E-state index contributed by atoms with van der Waals surface area (Å²) in [5.74, 6) is 0.974. The molecule has 19 heavy (non-hydrogen) atoms. The van der Waals surface area contributed by atoms with Crippen LogP contribution in [-0.2, 0) is 0 Å². The first-order chi connectivity index (χ1) is 9.28. The van der Waals surface area contributed by atoms with Gasteiger partial charge in [0.05, 0.1) is 13.2 Å². The van der Waals surface area contributed by atoms with Crippen LogP contribution in [0.5, 0.6) is 11.5 Å². The fraction of sp³-hybridized carbons (Fsp3) is 0.600. The van der Waals surface area contributed by atoms with Crippen molar-refractivity contribution in [3.63, 3.8) is 0 Å². The Balaban J connectivity index is 1.95. The van der Waals surface area contributed by atoms with Crippen molar-refractivity contribution >= 4 is 0 Å². The molecule has 3 rings (SSSR count). The second kappa shape index (κ2) is 5.37. The zero-order valence-electron chi connectivity index (χ0n) is 11.2. The van der Waals surface area contributed by atoms with Crippen molar-refractivity contribution in [2.75, 3.05) is 13.7 Å². The number of hydrogen-bond donors (Lipinski definition) is 1. The van der Waals surface area contributed by atoms with Crippen LogP contribution in [0, 0.1) is 5.82 Å². The third-order valence-electron chi connectivity index (χ3n) is 3.76. The Morgan fingerprint density at radius 3 is 2.68 bits per heavy atom. The summed E-state index contributed by atoms with van der Waals surface area (Å²) in [7, 11) is 1.56. The van der Waals surface area contributed by atoms with Crippen molar-refractivity contribution in [3.05, 3.63) is 23.5 Å². The number of piperidine rings is 1. The van der Waals surface area contributed by atoms with E-state index in [1.165, 1.54) is 18.9 Å². The Morgan fingerprint density at radius 2 is 2.05 bits per heavy atom. The highest BCUT2D eigenvalue weighted by Gasteiger charge is 2.29. The summed E-state index contributed by atoms with van der Waals surface area (Å²) in [6.45, 7) is 0.979. The summed E-state index contributed by atoms with van der Waals surface area (Å²) in [5.41, 5.74) is 0.906. The zero-order valence-corrected chi connectivity index (χ0v) is 11.2. The highest BCUT2D eigenvalue weighted by molar-refractivity contribution is 5.49. The van der Waals surface area contributed by atoms with Crippen molar-refractivity contribution in [1.29, 1.82) is 0 Å². The van der Waals surface area contributed by atoms with Crippen molar-refractivity contribution in [2.45, 2.75) is 44.2 Å². The summed E-state index contributed by atoms with van der Waals surface area (Å²) in [6.07, 6.45) is 5.81. The third kappa shape index (κ3) is 2.84. The predicted octanol–water partition coefficient (Wildman–Crippen LogP) is 3.19. The summed E-state index contributed by atoms with van der Waals surface area (Å²) in [6, 6.07) is 3.17. The summed E-state index contributed by atoms with van der Waals surface area (Å²) < 4.78 is 25.0. The van der Waals surface area contributed by atoms with Crippen LogP contribution in [-0.4, -0.2) is 19.8 Å². The Morgan fingerprint density at radius 1 is 1.21 bits per heavy atom. The molecule has 1 aliphatic carbocycles. The SMILES string of the molecule is COc1cc(F)cc(C2CCCCN2)c1OC1CC1. The van der Waals surface area contributed by atoms with Gasteiger partial charge in [-0.15, -0.1) is 0 Å². The fourth-order valence-corrected chi connectivity index (χ4v) is 2.60. The van der Waals surface area contributed by atoms with E-state index in [1.54, 1.807) is 13.2 Å². The van der Waals surface area contributed by atoms with Gasteiger partial charge in [-0.1, -0.05) is 6.42 Å². The van der Waals surface area contributed by atoms with Gasteiger partial charge in [-0.2, -0.15) is 0 Å². The molecular formula is C15H20FNO2. The first kappa shape index (κ1) is 12.7. The van der Waals surface area contributed by atoms with E-state index in [4.69, 9.17) is 9.47 Å². The van der Waals surface area contributed by atoms with Gasteiger partial charge in [0.25, 0.3) is 0 Å². The first-order valence-electron chi connectivity index (χ1n) is 7.05. The molecule has 0 amide bonds. The maximum atomic E-state index is 13.7. The second-order valence-corrected chi connectivity index (χ2v) is 5.35. The minimum absolute atomic E-state index is 0.173. The van der Waals surface area contributed by atoms with Crippen molar-refractivity contribution < 1.29 is 13.9 Å². The number of methoxy groups -OCH3 is 1. The fourth-order valence-electron chi connectivity index (χ4n) is 2.60. The molecule has 4 heteroatoms. The Kier molecular flexibility index (Phi) is 3.60. The van der Waals surface area contributed by atoms with E-state index < -0.39 is 0 Å². The lowest BCUT2D eigenvalue weighted by atomic mass is 9.96. The molecule has 3 nitrogen and oxygen atoms in total. The van der Waals surface area contributed by atoms with Gasteiger partial charge >= 0.3 is 0 Å². The van der Waals surface area contributed by atoms with Gasteiger partial charge in [-0.05, 0) is 38.3 Å². The summed E-state index contributed by atoms with van der Waals surface area (Å²) in [4.78, 5) is 0. The van der Waals surface area contributed by atoms with Crippen LogP contribution in [0.15, 0.2) is 12.1 Å². The van der Waals surface area contributed by atoms with E-state index in [9.17, 15) is 4.39 Å². The minimum Gasteiger partial charge on any atom is -0.493 e. The smallest absolute Gasteiger partial charge is 0.166 e. The molecule has 2 fully saturated rings. The molecule has 1 heterocycles. The molecule has 1 N–H and O–H groups in total. The number of benzene rings is 1. The van der Waals surface area contributed by atoms with Crippen LogP contribution < -0.4 is 14.8 Å². The van der Waals surface area contributed by atoms with Crippen LogP contribution in [0.1, 0.15) is 43.7 Å². The minimum atomic E-state index is -0.262. The first-order valence-corrected chi connectivity index (χ1v) is 7.05. The van der Waals surface area contributed by atoms with Crippen LogP contribution in [0.25, 0.3) is 0 Å². The molecule has 1 aromatic carbocycles. The average molecular weight is 265 g/mol. The number of hydrogen-bond acceptors (Lipinski definition) is 3. The number of nitrogens with one attached hydrogen (secondary N) is 1. The average Bonchev–Trinajstić information content (AvgIpc) is 3.25. The molecule has 1 unspecified atom stereocenters. The summed E-state index contributed by atoms with van der Waals surface area (Å²) >= 11 is 0. The second-order valence-electron chi connectivity index (χ2n) is 5.35. The number of halogens is 1. The van der Waals surface area contributed by atoms with Gasteiger partial charge in [0, 0.05) is 17.7 Å². The molecule has 104 valence electrons. The number of rotatable bonds is 4. The molecule has 1 aliphatic heterocycles. The molecule has 0 radical (unpaired) electrons. The molecule has 1 aromatic rings. The largest absolute Gasteiger partial charge is 0.493 e. The highest BCUT2D eigenvalue weighted by Crippen LogP contribution is 2.41. The lowest BCUT2D eigenvalue weighted by molar-refractivity contribution is 0.271. The van der Waals surface area contributed by atoms with Crippen LogP contribution in [0.2, 0.25) is 0 Å². The van der Waals surface area contributed by atoms with E-state index in [-0.39, 0.29) is 18.0 Å². The van der Waals surface area contributed by atoms with Gasteiger partial charge in [0.15, 0.2) is 11.5 Å². The molecule has 0 spiro atoms. The van der Waals surface area contributed by atoms with Crippen LogP contribution in [0.3, 0.4) is 0 Å². The van der Waals surface area contributed by atoms with E-state index in [0.717, 1.165) is 37.1 Å². The van der Waals surface area contributed by atoms with Crippen LogP contribution in [0.4, 0.5) is 4.39 Å². The monoisotopic (exact) mass is 265 g/mol. The summed E-state index contributed by atoms with van der Waals surface area (Å²) in [5, 5.41) is 3.45. The molecule has 1 saturated heterocycles. The van der Waals surface area contributed by atoms with Crippen LogP contribution >= 0.6 is 0 Å². The molecular weight excluding hydrogens is 245 g/mol. The van der Waals surface area contributed by atoms with Gasteiger partial charge in [0.1, 0.15) is 5.82 Å². The number of ether oxygens (including phenoxy) is 2. The van der Waals surface area contributed by atoms with Gasteiger partial charge in [-0.25, -0.2) is 4.39 Å². The highest BCUT2D eigenvalue weighted by atomic mass is 19.1. The van der Waals surface area contributed by atoms with E-state index in [1.807, 2.05) is 0 Å². The van der Waals surface area contributed by atoms with Gasteiger partial charge < -0.3 is 14.8 Å². The standard InChI is InChI=1S/C15H20FNO2/c1-18-14-9-10(16)8-12(13-4-2-3-7-17-13)15(14)19-11-5-6-11/h8-9,11,13,17H,2-7H2,1H3. The van der Waals surface area contributed by atoms with Crippen molar-refractivity contribution in [3.8, 4) is 11.5 Å². The Hall–Kier alpha value is -1.29.